The van der Waals surface area contributed by atoms with E-state index in [1.807, 2.05) is 0 Å². The molecule has 0 aromatic carbocycles. The molecule has 0 aromatic rings. The molecular formula is C13H21NO4. The van der Waals surface area contributed by atoms with Crippen molar-refractivity contribution in [1.29, 1.82) is 0 Å². The van der Waals surface area contributed by atoms with Gasteiger partial charge in [-0.2, -0.15) is 0 Å². The van der Waals surface area contributed by atoms with Crippen LogP contribution in [0.2, 0.25) is 0 Å². The number of amides is 1. The van der Waals surface area contributed by atoms with Crippen molar-refractivity contribution in [2.75, 3.05) is 13.2 Å². The lowest BCUT2D eigenvalue weighted by Gasteiger charge is -2.14. The Balaban J connectivity index is 2.16. The Morgan fingerprint density at radius 3 is 2.72 bits per heavy atom. The number of hydrogen-bond acceptors (Lipinski definition) is 4. The van der Waals surface area contributed by atoms with Gasteiger partial charge in [0.1, 0.15) is 0 Å². The van der Waals surface area contributed by atoms with Gasteiger partial charge in [0.05, 0.1) is 6.61 Å². The minimum absolute atomic E-state index is 0.239. The lowest BCUT2D eigenvalue weighted by atomic mass is 10.2. The third-order valence-corrected chi connectivity index (χ3v) is 2.86. The van der Waals surface area contributed by atoms with E-state index >= 15 is 0 Å². The summed E-state index contributed by atoms with van der Waals surface area (Å²) in [5.74, 6) is -0.774. The van der Waals surface area contributed by atoms with Crippen molar-refractivity contribution >= 4 is 11.9 Å². The first-order chi connectivity index (χ1) is 8.63. The maximum atomic E-state index is 11.5. The molecule has 102 valence electrons. The maximum absolute atomic E-state index is 11.5. The van der Waals surface area contributed by atoms with Gasteiger partial charge in [-0.15, -0.1) is 6.58 Å². The smallest absolute Gasteiger partial charge is 0.335 e. The number of carbonyl (C=O) groups excluding carboxylic acids is 2. The van der Waals surface area contributed by atoms with Gasteiger partial charge in [0.15, 0.2) is 12.7 Å². The van der Waals surface area contributed by atoms with Gasteiger partial charge in [-0.25, -0.2) is 4.79 Å². The number of rotatable bonds is 7. The van der Waals surface area contributed by atoms with Crippen LogP contribution in [0.1, 0.15) is 32.6 Å². The molecule has 1 fully saturated rings. The van der Waals surface area contributed by atoms with Gasteiger partial charge in [-0.05, 0) is 19.8 Å². The van der Waals surface area contributed by atoms with Crippen LogP contribution in [0.25, 0.3) is 0 Å². The van der Waals surface area contributed by atoms with Gasteiger partial charge >= 0.3 is 5.97 Å². The van der Waals surface area contributed by atoms with E-state index in [1.165, 1.54) is 0 Å². The first-order valence-corrected chi connectivity index (χ1v) is 6.32. The predicted molar refractivity (Wildman–Crippen MR) is 67.0 cm³/mol. The molecule has 0 radical (unpaired) electrons. The minimum Gasteiger partial charge on any atom is -0.454 e. The summed E-state index contributed by atoms with van der Waals surface area (Å²) in [5.41, 5.74) is 0. The van der Waals surface area contributed by atoms with Gasteiger partial charge in [0, 0.05) is 6.04 Å². The van der Waals surface area contributed by atoms with E-state index in [0.29, 0.717) is 0 Å². The van der Waals surface area contributed by atoms with E-state index in [-0.39, 0.29) is 25.2 Å². The number of carbonyl (C=O) groups is 2. The molecule has 0 bridgehead atoms. The summed E-state index contributed by atoms with van der Waals surface area (Å²) in [6, 6.07) is 0.241. The Bertz CT molecular complexity index is 297. The molecule has 5 nitrogen and oxygen atoms in total. The van der Waals surface area contributed by atoms with Crippen molar-refractivity contribution < 1.29 is 19.1 Å². The van der Waals surface area contributed by atoms with Gasteiger partial charge in [-0.3, -0.25) is 4.79 Å². The molecule has 0 aliphatic heterocycles. The lowest BCUT2D eigenvalue weighted by Crippen LogP contribution is -2.37. The molecule has 5 heteroatoms. The SMILES string of the molecule is C=CCOC(C)C(=O)OCC(=O)NC1CCCC1. The molecule has 1 N–H and O–H groups in total. The molecule has 0 saturated heterocycles. The van der Waals surface area contributed by atoms with Crippen molar-refractivity contribution in [3.05, 3.63) is 12.7 Å². The van der Waals surface area contributed by atoms with Crippen LogP contribution >= 0.6 is 0 Å². The molecule has 1 unspecified atom stereocenters. The van der Waals surface area contributed by atoms with Crippen LogP contribution in [0.3, 0.4) is 0 Å². The third-order valence-electron chi connectivity index (χ3n) is 2.86. The van der Waals surface area contributed by atoms with E-state index in [0.717, 1.165) is 25.7 Å². The van der Waals surface area contributed by atoms with E-state index in [4.69, 9.17) is 9.47 Å². The predicted octanol–water partition coefficient (Wildman–Crippen LogP) is 1.18. The molecule has 1 saturated carbocycles. The fourth-order valence-electron chi connectivity index (χ4n) is 1.87. The average Bonchev–Trinajstić information content (AvgIpc) is 2.85. The lowest BCUT2D eigenvalue weighted by molar-refractivity contribution is -0.158. The summed E-state index contributed by atoms with van der Waals surface area (Å²) in [5, 5.41) is 2.84. The molecule has 0 heterocycles. The zero-order valence-corrected chi connectivity index (χ0v) is 10.8. The zero-order valence-electron chi connectivity index (χ0n) is 10.8. The van der Waals surface area contributed by atoms with Crippen molar-refractivity contribution in [2.24, 2.45) is 0 Å². The molecule has 1 amide bonds. The summed E-state index contributed by atoms with van der Waals surface area (Å²) in [4.78, 5) is 22.9. The summed E-state index contributed by atoms with van der Waals surface area (Å²) in [6.07, 6.45) is 5.20. The van der Waals surface area contributed by atoms with E-state index in [9.17, 15) is 9.59 Å². The van der Waals surface area contributed by atoms with Crippen LogP contribution < -0.4 is 5.32 Å². The molecule has 1 atom stereocenters. The maximum Gasteiger partial charge on any atom is 0.335 e. The summed E-state index contributed by atoms with van der Waals surface area (Å²) in [6.45, 7) is 5.11. The molecule has 1 aliphatic carbocycles. The normalized spacial score (nSPS) is 17.2. The van der Waals surface area contributed by atoms with Gasteiger partial charge < -0.3 is 14.8 Å². The Kier molecular flexibility index (Phi) is 6.43. The average molecular weight is 255 g/mol. The largest absolute Gasteiger partial charge is 0.454 e. The van der Waals surface area contributed by atoms with Crippen LogP contribution in [0.5, 0.6) is 0 Å². The second-order valence-electron chi connectivity index (χ2n) is 4.42. The van der Waals surface area contributed by atoms with Crippen LogP contribution in [0, 0.1) is 0 Å². The topological polar surface area (TPSA) is 64.6 Å². The highest BCUT2D eigenvalue weighted by Crippen LogP contribution is 2.17. The monoisotopic (exact) mass is 255 g/mol. The van der Waals surface area contributed by atoms with Gasteiger partial charge in [0.2, 0.25) is 0 Å². The van der Waals surface area contributed by atoms with Gasteiger partial charge in [-0.1, -0.05) is 18.9 Å². The highest BCUT2D eigenvalue weighted by Gasteiger charge is 2.19. The van der Waals surface area contributed by atoms with E-state index in [1.54, 1.807) is 13.0 Å². The fraction of sp³-hybridized carbons (Fsp3) is 0.692. The molecule has 0 aromatic heterocycles. The molecule has 1 aliphatic rings. The zero-order chi connectivity index (χ0) is 13.4. The number of nitrogens with one attached hydrogen (secondary N) is 1. The van der Waals surface area contributed by atoms with Crippen molar-refractivity contribution in [1.82, 2.24) is 5.32 Å². The van der Waals surface area contributed by atoms with E-state index < -0.39 is 12.1 Å². The Hall–Kier alpha value is -1.36. The first kappa shape index (κ1) is 14.7. The number of hydrogen-bond donors (Lipinski definition) is 1. The van der Waals surface area contributed by atoms with Crippen LogP contribution in [0.4, 0.5) is 0 Å². The van der Waals surface area contributed by atoms with Crippen LogP contribution in [-0.2, 0) is 19.1 Å². The summed E-state index contributed by atoms with van der Waals surface area (Å²) >= 11 is 0. The fourth-order valence-corrected chi connectivity index (χ4v) is 1.87. The molecular weight excluding hydrogens is 234 g/mol. The van der Waals surface area contributed by atoms with Gasteiger partial charge in [0.25, 0.3) is 5.91 Å². The Morgan fingerprint density at radius 2 is 2.11 bits per heavy atom. The third kappa shape index (κ3) is 5.31. The van der Waals surface area contributed by atoms with Crippen LogP contribution in [-0.4, -0.2) is 37.2 Å². The molecule has 18 heavy (non-hydrogen) atoms. The second kappa shape index (κ2) is 7.87. The van der Waals surface area contributed by atoms with E-state index in [2.05, 4.69) is 11.9 Å². The number of ether oxygens (including phenoxy) is 2. The first-order valence-electron chi connectivity index (χ1n) is 6.32. The molecule has 1 rings (SSSR count). The summed E-state index contributed by atoms with van der Waals surface area (Å²) in [7, 11) is 0. The Labute approximate surface area is 108 Å². The Morgan fingerprint density at radius 1 is 1.44 bits per heavy atom. The van der Waals surface area contributed by atoms with Crippen LogP contribution in [0.15, 0.2) is 12.7 Å². The quantitative estimate of drug-likeness (QED) is 0.548. The highest BCUT2D eigenvalue weighted by molar-refractivity contribution is 5.82. The standard InChI is InChI=1S/C13H21NO4/c1-3-8-17-10(2)13(16)18-9-12(15)14-11-6-4-5-7-11/h3,10-11H,1,4-9H2,2H3,(H,14,15). The van der Waals surface area contributed by atoms with Crippen molar-refractivity contribution in [3.63, 3.8) is 0 Å². The summed E-state index contributed by atoms with van der Waals surface area (Å²) < 4.78 is 9.96. The highest BCUT2D eigenvalue weighted by atomic mass is 16.6. The molecule has 0 spiro atoms. The second-order valence-corrected chi connectivity index (χ2v) is 4.42. The van der Waals surface area contributed by atoms with Crippen molar-refractivity contribution in [3.8, 4) is 0 Å². The number of esters is 1. The van der Waals surface area contributed by atoms with Crippen molar-refractivity contribution in [2.45, 2.75) is 44.8 Å². The minimum atomic E-state index is -0.678.